The molecule has 5 heteroatoms. The van der Waals surface area contributed by atoms with E-state index in [1.54, 1.807) is 13.0 Å². The molecule has 1 aliphatic heterocycles. The summed E-state index contributed by atoms with van der Waals surface area (Å²) >= 11 is 0. The molecule has 1 aromatic carbocycles. The molecular formula is C14H17FN2O2. The van der Waals surface area contributed by atoms with Gasteiger partial charge in [-0.1, -0.05) is 6.92 Å². The number of benzene rings is 1. The number of carbonyl (C=O) groups is 2. The lowest BCUT2D eigenvalue weighted by atomic mass is 10.1. The summed E-state index contributed by atoms with van der Waals surface area (Å²) < 4.78 is 13.4. The number of amides is 2. The van der Waals surface area contributed by atoms with Crippen LogP contribution in [-0.2, 0) is 9.59 Å². The normalized spacial score (nSPS) is 20.2. The fourth-order valence-corrected chi connectivity index (χ4v) is 2.25. The van der Waals surface area contributed by atoms with Crippen LogP contribution in [0.25, 0.3) is 0 Å². The number of nitrogens with zero attached hydrogens (tertiary/aromatic N) is 1. The summed E-state index contributed by atoms with van der Waals surface area (Å²) in [6, 6.07) is 3.96. The molecule has 1 aliphatic rings. The average Bonchev–Trinajstić information content (AvgIpc) is 2.48. The molecule has 1 fully saturated rings. The summed E-state index contributed by atoms with van der Waals surface area (Å²) in [5.74, 6) is -0.700. The third-order valence-corrected chi connectivity index (χ3v) is 3.21. The molecule has 1 saturated heterocycles. The fourth-order valence-electron chi connectivity index (χ4n) is 2.25. The number of rotatable bonds is 2. The molecule has 1 unspecified atom stereocenters. The van der Waals surface area contributed by atoms with E-state index in [0.29, 0.717) is 12.1 Å². The van der Waals surface area contributed by atoms with E-state index in [9.17, 15) is 14.0 Å². The summed E-state index contributed by atoms with van der Waals surface area (Å²) in [4.78, 5) is 25.4. The lowest BCUT2D eigenvalue weighted by Crippen LogP contribution is -2.44. The first-order valence-corrected chi connectivity index (χ1v) is 6.39. The first-order chi connectivity index (χ1) is 9.01. The van der Waals surface area contributed by atoms with Crippen LogP contribution in [0.3, 0.4) is 0 Å². The molecule has 1 atom stereocenters. The van der Waals surface area contributed by atoms with Gasteiger partial charge in [-0.05, 0) is 37.1 Å². The van der Waals surface area contributed by atoms with Gasteiger partial charge in [-0.3, -0.25) is 9.59 Å². The maximum atomic E-state index is 13.4. The van der Waals surface area contributed by atoms with Crippen molar-refractivity contribution in [1.82, 2.24) is 5.32 Å². The van der Waals surface area contributed by atoms with E-state index in [-0.39, 0.29) is 30.6 Å². The molecule has 0 radical (unpaired) electrons. The number of hydrogen-bond donors (Lipinski definition) is 1. The molecule has 0 saturated carbocycles. The van der Waals surface area contributed by atoms with Gasteiger partial charge >= 0.3 is 0 Å². The molecule has 102 valence electrons. The molecule has 1 aromatic rings. The Morgan fingerprint density at radius 1 is 1.37 bits per heavy atom. The zero-order chi connectivity index (χ0) is 14.0. The highest BCUT2D eigenvalue weighted by Crippen LogP contribution is 2.21. The van der Waals surface area contributed by atoms with Crippen molar-refractivity contribution < 1.29 is 14.0 Å². The third kappa shape index (κ3) is 2.92. The number of anilines is 1. The summed E-state index contributed by atoms with van der Waals surface area (Å²) in [5, 5.41) is 2.68. The monoisotopic (exact) mass is 264 g/mol. The molecule has 1 heterocycles. The lowest BCUT2D eigenvalue weighted by Gasteiger charge is -2.24. The SMILES string of the molecule is CCC1NC(=O)CCN(c2cc(C)cc(F)c2)C1=O. The molecule has 1 N–H and O–H groups in total. The average molecular weight is 264 g/mol. The van der Waals surface area contributed by atoms with Crippen molar-refractivity contribution in [3.63, 3.8) is 0 Å². The van der Waals surface area contributed by atoms with Gasteiger partial charge in [0.2, 0.25) is 11.8 Å². The first-order valence-electron chi connectivity index (χ1n) is 6.39. The Kier molecular flexibility index (Phi) is 3.83. The standard InChI is InChI=1S/C14H17FN2O2/c1-3-12-14(19)17(5-4-13(18)16-12)11-7-9(2)6-10(15)8-11/h6-8,12H,3-5H2,1-2H3,(H,16,18). The topological polar surface area (TPSA) is 49.4 Å². The van der Waals surface area contributed by atoms with Crippen LogP contribution in [0.2, 0.25) is 0 Å². The van der Waals surface area contributed by atoms with Crippen molar-refractivity contribution in [1.29, 1.82) is 0 Å². The van der Waals surface area contributed by atoms with Gasteiger partial charge in [-0.2, -0.15) is 0 Å². The molecule has 19 heavy (non-hydrogen) atoms. The molecule has 0 spiro atoms. The van der Waals surface area contributed by atoms with Crippen LogP contribution in [0.5, 0.6) is 0 Å². The number of halogens is 1. The van der Waals surface area contributed by atoms with Crippen molar-refractivity contribution in [3.8, 4) is 0 Å². The van der Waals surface area contributed by atoms with Crippen molar-refractivity contribution in [2.75, 3.05) is 11.4 Å². The van der Waals surface area contributed by atoms with E-state index in [4.69, 9.17) is 0 Å². The highest BCUT2D eigenvalue weighted by atomic mass is 19.1. The van der Waals surface area contributed by atoms with Gasteiger partial charge in [0.05, 0.1) is 0 Å². The molecule has 0 aromatic heterocycles. The van der Waals surface area contributed by atoms with E-state index in [2.05, 4.69) is 5.32 Å². The fraction of sp³-hybridized carbons (Fsp3) is 0.429. The number of carbonyl (C=O) groups excluding carboxylic acids is 2. The molecule has 0 bridgehead atoms. The predicted molar refractivity (Wildman–Crippen MR) is 70.3 cm³/mol. The number of nitrogens with one attached hydrogen (secondary N) is 1. The Morgan fingerprint density at radius 3 is 2.74 bits per heavy atom. The Morgan fingerprint density at radius 2 is 2.11 bits per heavy atom. The van der Waals surface area contributed by atoms with Crippen LogP contribution < -0.4 is 10.2 Å². The van der Waals surface area contributed by atoms with Gasteiger partial charge in [0.25, 0.3) is 0 Å². The predicted octanol–water partition coefficient (Wildman–Crippen LogP) is 1.77. The van der Waals surface area contributed by atoms with Gasteiger partial charge in [0.15, 0.2) is 0 Å². The van der Waals surface area contributed by atoms with E-state index in [1.165, 1.54) is 17.0 Å². The zero-order valence-corrected chi connectivity index (χ0v) is 11.1. The Bertz CT molecular complexity index is 496. The Hall–Kier alpha value is -1.91. The van der Waals surface area contributed by atoms with Gasteiger partial charge in [0, 0.05) is 18.7 Å². The van der Waals surface area contributed by atoms with Crippen LogP contribution in [0.15, 0.2) is 18.2 Å². The minimum Gasteiger partial charge on any atom is -0.344 e. The van der Waals surface area contributed by atoms with Crippen molar-refractivity contribution in [2.24, 2.45) is 0 Å². The van der Waals surface area contributed by atoms with E-state index in [1.807, 2.05) is 6.92 Å². The van der Waals surface area contributed by atoms with Crippen molar-refractivity contribution in [2.45, 2.75) is 32.7 Å². The van der Waals surface area contributed by atoms with Crippen molar-refractivity contribution in [3.05, 3.63) is 29.6 Å². The summed E-state index contributed by atoms with van der Waals surface area (Å²) in [6.45, 7) is 3.89. The van der Waals surface area contributed by atoms with Gasteiger partial charge in [-0.15, -0.1) is 0 Å². The Labute approximate surface area is 111 Å². The molecule has 2 amide bonds. The van der Waals surface area contributed by atoms with Crippen LogP contribution in [0.1, 0.15) is 25.3 Å². The Balaban J connectivity index is 2.35. The second-order valence-corrected chi connectivity index (χ2v) is 4.76. The summed E-state index contributed by atoms with van der Waals surface area (Å²) in [5.41, 5.74) is 1.26. The second-order valence-electron chi connectivity index (χ2n) is 4.76. The lowest BCUT2D eigenvalue weighted by molar-refractivity contribution is -0.125. The highest BCUT2D eigenvalue weighted by Gasteiger charge is 2.29. The zero-order valence-electron chi connectivity index (χ0n) is 11.1. The smallest absolute Gasteiger partial charge is 0.249 e. The highest BCUT2D eigenvalue weighted by molar-refractivity contribution is 6.01. The second kappa shape index (κ2) is 5.38. The molecule has 2 rings (SSSR count). The quantitative estimate of drug-likeness (QED) is 0.885. The third-order valence-electron chi connectivity index (χ3n) is 3.21. The van der Waals surface area contributed by atoms with Gasteiger partial charge in [-0.25, -0.2) is 4.39 Å². The molecule has 4 nitrogen and oxygen atoms in total. The van der Waals surface area contributed by atoms with E-state index < -0.39 is 6.04 Å². The molecular weight excluding hydrogens is 247 g/mol. The molecule has 0 aliphatic carbocycles. The largest absolute Gasteiger partial charge is 0.344 e. The maximum Gasteiger partial charge on any atom is 0.249 e. The van der Waals surface area contributed by atoms with Gasteiger partial charge in [0.1, 0.15) is 11.9 Å². The van der Waals surface area contributed by atoms with Gasteiger partial charge < -0.3 is 10.2 Å². The van der Waals surface area contributed by atoms with Crippen LogP contribution in [0.4, 0.5) is 10.1 Å². The van der Waals surface area contributed by atoms with Crippen LogP contribution in [0, 0.1) is 12.7 Å². The van der Waals surface area contributed by atoms with Crippen LogP contribution in [-0.4, -0.2) is 24.4 Å². The van der Waals surface area contributed by atoms with E-state index in [0.717, 1.165) is 5.56 Å². The summed E-state index contributed by atoms with van der Waals surface area (Å²) in [7, 11) is 0. The first kappa shape index (κ1) is 13.5. The van der Waals surface area contributed by atoms with Crippen LogP contribution >= 0.6 is 0 Å². The number of aryl methyl sites for hydroxylation is 1. The number of hydrogen-bond acceptors (Lipinski definition) is 2. The van der Waals surface area contributed by atoms with Crippen molar-refractivity contribution >= 4 is 17.5 Å². The minimum absolute atomic E-state index is 0.143. The summed E-state index contributed by atoms with van der Waals surface area (Å²) in [6.07, 6.45) is 0.757. The minimum atomic E-state index is -0.529. The maximum absolute atomic E-state index is 13.4. The van der Waals surface area contributed by atoms with E-state index >= 15 is 0 Å².